The molecule has 0 radical (unpaired) electrons. The van der Waals surface area contributed by atoms with Crippen LogP contribution in [0.5, 0.6) is 0 Å². The largest absolute Gasteiger partial charge is 0.492 e. The van der Waals surface area contributed by atoms with Gasteiger partial charge in [0.25, 0.3) is 5.12 Å². The Morgan fingerprint density at radius 2 is 1.89 bits per heavy atom. The minimum absolute atomic E-state index is 0.324. The third-order valence-corrected chi connectivity index (χ3v) is 3.34. The Morgan fingerprint density at radius 1 is 1.26 bits per heavy atom. The molecule has 2 nitrogen and oxygen atoms in total. The minimum Gasteiger partial charge on any atom is -0.492 e. The molecular weight excluding hydrogens is 256 g/mol. The minimum atomic E-state index is -0.324. The molecule has 0 aromatic heterocycles. The molecule has 0 aromatic carbocycles. The SMILES string of the molecule is COC(C(=O)S)=C(C)C=CCC(C)CCCC(C)C. The molecule has 1 atom stereocenters. The van der Waals surface area contributed by atoms with Gasteiger partial charge in [-0.25, -0.2) is 0 Å². The van der Waals surface area contributed by atoms with Gasteiger partial charge in [0.1, 0.15) is 0 Å². The highest BCUT2D eigenvalue weighted by Gasteiger charge is 2.07. The molecule has 0 aliphatic heterocycles. The predicted octanol–water partition coefficient (Wildman–Crippen LogP) is 4.77. The van der Waals surface area contributed by atoms with Crippen molar-refractivity contribution < 1.29 is 9.53 Å². The summed E-state index contributed by atoms with van der Waals surface area (Å²) in [5.74, 6) is 1.80. The number of rotatable bonds is 9. The molecule has 3 heteroatoms. The van der Waals surface area contributed by atoms with Crippen LogP contribution in [-0.2, 0) is 9.53 Å². The van der Waals surface area contributed by atoms with Gasteiger partial charge >= 0.3 is 0 Å². The molecule has 0 rings (SSSR count). The molecule has 0 fully saturated rings. The summed E-state index contributed by atoms with van der Waals surface area (Å²) in [6.45, 7) is 8.66. The Morgan fingerprint density at radius 3 is 2.37 bits per heavy atom. The molecule has 0 saturated heterocycles. The van der Waals surface area contributed by atoms with Crippen LogP contribution < -0.4 is 0 Å². The van der Waals surface area contributed by atoms with Crippen LogP contribution in [0.4, 0.5) is 0 Å². The van der Waals surface area contributed by atoms with Crippen molar-refractivity contribution in [1.29, 1.82) is 0 Å². The number of methoxy groups -OCH3 is 1. The normalized spacial score (nSPS) is 14.7. The number of carbonyl (C=O) groups excluding carboxylic acids is 1. The number of hydrogen-bond acceptors (Lipinski definition) is 2. The van der Waals surface area contributed by atoms with Crippen molar-refractivity contribution in [3.05, 3.63) is 23.5 Å². The molecule has 0 bridgehead atoms. The number of ether oxygens (including phenoxy) is 1. The third kappa shape index (κ3) is 8.93. The number of carbonyl (C=O) groups is 1. The zero-order valence-corrected chi connectivity index (χ0v) is 13.8. The lowest BCUT2D eigenvalue weighted by Gasteiger charge is -2.10. The highest BCUT2D eigenvalue weighted by molar-refractivity contribution is 7.97. The van der Waals surface area contributed by atoms with Gasteiger partial charge in [0.15, 0.2) is 5.76 Å². The highest BCUT2D eigenvalue weighted by Crippen LogP contribution is 2.16. The van der Waals surface area contributed by atoms with Crippen LogP contribution in [0.1, 0.15) is 53.4 Å². The van der Waals surface area contributed by atoms with Crippen LogP contribution in [0.25, 0.3) is 0 Å². The Hall–Kier alpha value is -0.700. The fourth-order valence-electron chi connectivity index (χ4n) is 1.96. The van der Waals surface area contributed by atoms with Gasteiger partial charge < -0.3 is 4.74 Å². The second kappa shape index (κ2) is 10.1. The maximum Gasteiger partial charge on any atom is 0.251 e. The van der Waals surface area contributed by atoms with E-state index in [4.69, 9.17) is 4.74 Å². The first-order chi connectivity index (χ1) is 8.88. The molecular formula is C16H28O2S. The first-order valence-corrected chi connectivity index (χ1v) is 7.47. The fourth-order valence-corrected chi connectivity index (χ4v) is 2.23. The lowest BCUT2D eigenvalue weighted by Crippen LogP contribution is -1.99. The second-order valence-electron chi connectivity index (χ2n) is 5.59. The average molecular weight is 284 g/mol. The van der Waals surface area contributed by atoms with E-state index in [9.17, 15) is 4.79 Å². The van der Waals surface area contributed by atoms with Crippen LogP contribution in [-0.4, -0.2) is 12.2 Å². The maximum atomic E-state index is 11.2. The summed E-state index contributed by atoms with van der Waals surface area (Å²) in [6.07, 6.45) is 8.95. The van der Waals surface area contributed by atoms with Gasteiger partial charge in [-0.2, -0.15) is 0 Å². The first kappa shape index (κ1) is 18.3. The van der Waals surface area contributed by atoms with Gasteiger partial charge in [0.05, 0.1) is 7.11 Å². The summed E-state index contributed by atoms with van der Waals surface area (Å²) < 4.78 is 5.02. The molecule has 19 heavy (non-hydrogen) atoms. The average Bonchev–Trinajstić information content (AvgIpc) is 2.28. The van der Waals surface area contributed by atoms with Gasteiger partial charge in [0, 0.05) is 0 Å². The van der Waals surface area contributed by atoms with Gasteiger partial charge in [-0.3, -0.25) is 4.79 Å². The van der Waals surface area contributed by atoms with E-state index in [1.54, 1.807) is 0 Å². The highest BCUT2D eigenvalue weighted by atomic mass is 32.1. The van der Waals surface area contributed by atoms with E-state index in [2.05, 4.69) is 39.5 Å². The van der Waals surface area contributed by atoms with E-state index in [-0.39, 0.29) is 5.12 Å². The maximum absolute atomic E-state index is 11.2. The summed E-state index contributed by atoms with van der Waals surface area (Å²) in [7, 11) is 1.50. The van der Waals surface area contributed by atoms with E-state index in [0.29, 0.717) is 11.7 Å². The van der Waals surface area contributed by atoms with Crippen molar-refractivity contribution in [2.75, 3.05) is 7.11 Å². The Kier molecular flexibility index (Phi) is 9.76. The number of hydrogen-bond donors (Lipinski definition) is 1. The van der Waals surface area contributed by atoms with Crippen LogP contribution in [0.2, 0.25) is 0 Å². The van der Waals surface area contributed by atoms with E-state index < -0.39 is 0 Å². The van der Waals surface area contributed by atoms with Gasteiger partial charge in [-0.1, -0.05) is 64.8 Å². The van der Waals surface area contributed by atoms with Crippen LogP contribution in [0, 0.1) is 11.8 Å². The Balaban J connectivity index is 4.17. The number of thiol groups is 1. The lowest BCUT2D eigenvalue weighted by atomic mass is 9.97. The Labute approximate surface area is 123 Å². The monoisotopic (exact) mass is 284 g/mol. The molecule has 0 N–H and O–H groups in total. The summed E-state index contributed by atoms with van der Waals surface area (Å²) in [5.41, 5.74) is 0.830. The second-order valence-corrected chi connectivity index (χ2v) is 6.00. The Bertz CT molecular complexity index is 330. The van der Waals surface area contributed by atoms with Crippen molar-refractivity contribution in [1.82, 2.24) is 0 Å². The van der Waals surface area contributed by atoms with E-state index in [1.165, 1.54) is 26.4 Å². The molecule has 0 spiro atoms. The molecule has 0 saturated carbocycles. The molecule has 110 valence electrons. The quantitative estimate of drug-likeness (QED) is 0.286. The standard InChI is InChI=1S/C16H28O2S/c1-12(2)8-6-9-13(3)10-7-11-14(4)15(18-5)16(17)19/h7,11-13H,6,8-10H2,1-5H3,(H,17,19). The van der Waals surface area contributed by atoms with Crippen molar-refractivity contribution in [3.63, 3.8) is 0 Å². The third-order valence-electron chi connectivity index (χ3n) is 3.14. The van der Waals surface area contributed by atoms with Gasteiger partial charge in [0.2, 0.25) is 0 Å². The molecule has 0 aliphatic carbocycles. The van der Waals surface area contributed by atoms with Crippen molar-refractivity contribution >= 4 is 17.7 Å². The zero-order chi connectivity index (χ0) is 14.8. The van der Waals surface area contributed by atoms with Gasteiger partial charge in [-0.05, 0) is 30.8 Å². The van der Waals surface area contributed by atoms with E-state index in [1.807, 2.05) is 13.0 Å². The first-order valence-electron chi connectivity index (χ1n) is 7.03. The van der Waals surface area contributed by atoms with Gasteiger partial charge in [-0.15, -0.1) is 0 Å². The van der Waals surface area contributed by atoms with Crippen LogP contribution in [0.3, 0.4) is 0 Å². The zero-order valence-electron chi connectivity index (χ0n) is 12.9. The molecule has 0 aromatic rings. The van der Waals surface area contributed by atoms with E-state index in [0.717, 1.165) is 17.9 Å². The number of allylic oxidation sites excluding steroid dienone is 3. The van der Waals surface area contributed by atoms with Crippen molar-refractivity contribution in [2.24, 2.45) is 11.8 Å². The van der Waals surface area contributed by atoms with Crippen LogP contribution >= 0.6 is 12.6 Å². The molecule has 0 amide bonds. The lowest BCUT2D eigenvalue weighted by molar-refractivity contribution is -0.110. The fraction of sp³-hybridized carbons (Fsp3) is 0.688. The summed E-state index contributed by atoms with van der Waals surface area (Å²) in [5, 5.41) is -0.324. The summed E-state index contributed by atoms with van der Waals surface area (Å²) >= 11 is 3.78. The molecule has 1 unspecified atom stereocenters. The smallest absolute Gasteiger partial charge is 0.251 e. The molecule has 0 aliphatic rings. The van der Waals surface area contributed by atoms with E-state index >= 15 is 0 Å². The van der Waals surface area contributed by atoms with Crippen molar-refractivity contribution in [3.8, 4) is 0 Å². The summed E-state index contributed by atoms with van der Waals surface area (Å²) in [4.78, 5) is 11.2. The predicted molar refractivity (Wildman–Crippen MR) is 85.3 cm³/mol. The summed E-state index contributed by atoms with van der Waals surface area (Å²) in [6, 6.07) is 0. The topological polar surface area (TPSA) is 26.3 Å². The van der Waals surface area contributed by atoms with Crippen LogP contribution in [0.15, 0.2) is 23.5 Å². The van der Waals surface area contributed by atoms with Crippen molar-refractivity contribution in [2.45, 2.75) is 53.4 Å². The molecule has 0 heterocycles.